The zero-order valence-electron chi connectivity index (χ0n) is 13.6. The molecule has 0 saturated carbocycles. The van der Waals surface area contributed by atoms with Crippen molar-refractivity contribution in [2.24, 2.45) is 0 Å². The van der Waals surface area contributed by atoms with Crippen LogP contribution < -0.4 is 4.90 Å². The van der Waals surface area contributed by atoms with Crippen LogP contribution in [-0.4, -0.2) is 12.0 Å². The van der Waals surface area contributed by atoms with Gasteiger partial charge in [-0.1, -0.05) is 54.6 Å². The van der Waals surface area contributed by atoms with Crippen molar-refractivity contribution >= 4 is 28.2 Å². The summed E-state index contributed by atoms with van der Waals surface area (Å²) in [7, 11) is 2.07. The Bertz CT molecular complexity index is 980. The first-order valence-electron chi connectivity index (χ1n) is 8.06. The number of rotatable bonds is 2. The van der Waals surface area contributed by atoms with E-state index in [0.29, 0.717) is 0 Å². The SMILES string of the molecule is CN1C=CC(=CC=Cc2ccc3ccccc3n2)c2ccccc21. The molecule has 0 atom stereocenters. The molecular weight excluding hydrogens is 292 g/mol. The molecule has 2 nitrogen and oxygen atoms in total. The maximum atomic E-state index is 4.67. The number of benzene rings is 2. The van der Waals surface area contributed by atoms with Crippen LogP contribution in [0.25, 0.3) is 22.6 Å². The highest BCUT2D eigenvalue weighted by Crippen LogP contribution is 2.31. The Morgan fingerprint density at radius 2 is 1.75 bits per heavy atom. The Kier molecular flexibility index (Phi) is 3.72. The number of anilines is 1. The summed E-state index contributed by atoms with van der Waals surface area (Å²) in [5.74, 6) is 0. The molecule has 0 aliphatic carbocycles. The molecule has 2 heterocycles. The van der Waals surface area contributed by atoms with E-state index in [-0.39, 0.29) is 0 Å². The van der Waals surface area contributed by atoms with Crippen LogP contribution in [-0.2, 0) is 0 Å². The van der Waals surface area contributed by atoms with Crippen molar-refractivity contribution in [1.82, 2.24) is 4.98 Å². The molecule has 116 valence electrons. The van der Waals surface area contributed by atoms with E-state index in [1.807, 2.05) is 24.3 Å². The largest absolute Gasteiger partial charge is 0.351 e. The summed E-state index contributed by atoms with van der Waals surface area (Å²) in [4.78, 5) is 6.81. The number of hydrogen-bond acceptors (Lipinski definition) is 2. The van der Waals surface area contributed by atoms with E-state index >= 15 is 0 Å². The van der Waals surface area contributed by atoms with E-state index in [2.05, 4.69) is 83.8 Å². The van der Waals surface area contributed by atoms with Gasteiger partial charge in [-0.3, -0.25) is 0 Å². The molecule has 0 fully saturated rings. The topological polar surface area (TPSA) is 16.1 Å². The van der Waals surface area contributed by atoms with Gasteiger partial charge < -0.3 is 4.90 Å². The highest BCUT2D eigenvalue weighted by Gasteiger charge is 2.11. The van der Waals surface area contributed by atoms with Crippen LogP contribution in [0.4, 0.5) is 5.69 Å². The maximum Gasteiger partial charge on any atom is 0.0709 e. The molecule has 4 rings (SSSR count). The molecule has 1 aromatic heterocycles. The lowest BCUT2D eigenvalue weighted by molar-refractivity contribution is 1.18. The average molecular weight is 310 g/mol. The van der Waals surface area contributed by atoms with Gasteiger partial charge >= 0.3 is 0 Å². The maximum absolute atomic E-state index is 4.67. The minimum absolute atomic E-state index is 0.968. The van der Waals surface area contributed by atoms with Crippen LogP contribution in [0.3, 0.4) is 0 Å². The predicted molar refractivity (Wildman–Crippen MR) is 103 cm³/mol. The van der Waals surface area contributed by atoms with Gasteiger partial charge in [-0.15, -0.1) is 0 Å². The van der Waals surface area contributed by atoms with E-state index < -0.39 is 0 Å². The molecule has 24 heavy (non-hydrogen) atoms. The lowest BCUT2D eigenvalue weighted by Crippen LogP contribution is -2.13. The van der Waals surface area contributed by atoms with Crippen molar-refractivity contribution in [3.05, 3.63) is 96.3 Å². The molecule has 0 unspecified atom stereocenters. The van der Waals surface area contributed by atoms with Gasteiger partial charge in [0.15, 0.2) is 0 Å². The van der Waals surface area contributed by atoms with Gasteiger partial charge in [-0.25, -0.2) is 4.98 Å². The molecule has 0 saturated heterocycles. The Balaban J connectivity index is 1.64. The third-order valence-corrected chi connectivity index (χ3v) is 4.24. The van der Waals surface area contributed by atoms with Crippen LogP contribution >= 0.6 is 0 Å². The van der Waals surface area contributed by atoms with Crippen molar-refractivity contribution < 1.29 is 0 Å². The van der Waals surface area contributed by atoms with Crippen molar-refractivity contribution in [3.63, 3.8) is 0 Å². The molecule has 3 aromatic rings. The Hall–Kier alpha value is -3.13. The molecular formula is C22H18N2. The number of para-hydroxylation sites is 2. The number of pyridine rings is 1. The van der Waals surface area contributed by atoms with Gasteiger partial charge in [-0.05, 0) is 35.9 Å². The number of allylic oxidation sites excluding steroid dienone is 4. The second-order valence-electron chi connectivity index (χ2n) is 5.85. The van der Waals surface area contributed by atoms with Gasteiger partial charge in [0, 0.05) is 29.9 Å². The quantitative estimate of drug-likeness (QED) is 0.639. The van der Waals surface area contributed by atoms with Gasteiger partial charge in [0.1, 0.15) is 0 Å². The summed E-state index contributed by atoms with van der Waals surface area (Å²) in [5.41, 5.74) is 5.68. The lowest BCUT2D eigenvalue weighted by atomic mass is 10.00. The van der Waals surface area contributed by atoms with Crippen molar-refractivity contribution in [3.8, 4) is 0 Å². The normalized spacial score (nSPS) is 15.4. The number of fused-ring (bicyclic) bond motifs is 2. The van der Waals surface area contributed by atoms with Gasteiger partial charge in [0.05, 0.1) is 11.2 Å². The molecule has 1 aliphatic rings. The van der Waals surface area contributed by atoms with Crippen LogP contribution in [0.5, 0.6) is 0 Å². The molecule has 2 aromatic carbocycles. The van der Waals surface area contributed by atoms with E-state index in [9.17, 15) is 0 Å². The number of aromatic nitrogens is 1. The van der Waals surface area contributed by atoms with E-state index in [1.165, 1.54) is 22.2 Å². The minimum Gasteiger partial charge on any atom is -0.351 e. The summed E-state index contributed by atoms with van der Waals surface area (Å²) >= 11 is 0. The summed E-state index contributed by atoms with van der Waals surface area (Å²) in [6.07, 6.45) is 10.5. The smallest absolute Gasteiger partial charge is 0.0709 e. The van der Waals surface area contributed by atoms with Crippen LogP contribution in [0.2, 0.25) is 0 Å². The second kappa shape index (κ2) is 6.17. The first-order chi connectivity index (χ1) is 11.8. The van der Waals surface area contributed by atoms with Gasteiger partial charge in [-0.2, -0.15) is 0 Å². The Labute approximate surface area is 142 Å². The molecule has 0 bridgehead atoms. The van der Waals surface area contributed by atoms with Crippen LogP contribution in [0.1, 0.15) is 11.3 Å². The third-order valence-electron chi connectivity index (χ3n) is 4.24. The molecule has 0 N–H and O–H groups in total. The first-order valence-corrected chi connectivity index (χ1v) is 8.06. The first kappa shape index (κ1) is 14.5. The number of hydrogen-bond donors (Lipinski definition) is 0. The number of nitrogens with zero attached hydrogens (tertiary/aromatic N) is 2. The van der Waals surface area contributed by atoms with Crippen molar-refractivity contribution in [1.29, 1.82) is 0 Å². The van der Waals surface area contributed by atoms with E-state index in [4.69, 9.17) is 0 Å². The molecule has 0 radical (unpaired) electrons. The standard InChI is InChI=1S/C22H18N2/c1-24-16-15-17(20-10-3-5-12-22(20)24)8-6-9-19-14-13-18-7-2-4-11-21(18)23-19/h2-16H,1H3. The molecule has 1 aliphatic heterocycles. The highest BCUT2D eigenvalue weighted by molar-refractivity contribution is 5.87. The average Bonchev–Trinajstić information content (AvgIpc) is 2.64. The van der Waals surface area contributed by atoms with Gasteiger partial charge in [0.2, 0.25) is 0 Å². The lowest BCUT2D eigenvalue weighted by Gasteiger charge is -2.23. The molecule has 2 heteroatoms. The van der Waals surface area contributed by atoms with E-state index in [0.717, 1.165) is 11.2 Å². The Morgan fingerprint density at radius 1 is 0.917 bits per heavy atom. The molecule has 0 spiro atoms. The second-order valence-corrected chi connectivity index (χ2v) is 5.85. The minimum atomic E-state index is 0.968. The fraction of sp³-hybridized carbons (Fsp3) is 0.0455. The summed E-state index contributed by atoms with van der Waals surface area (Å²) in [6.45, 7) is 0. The highest BCUT2D eigenvalue weighted by atomic mass is 15.1. The monoisotopic (exact) mass is 310 g/mol. The van der Waals surface area contributed by atoms with Crippen molar-refractivity contribution in [2.75, 3.05) is 11.9 Å². The third kappa shape index (κ3) is 2.74. The van der Waals surface area contributed by atoms with Crippen LogP contribution in [0.15, 0.2) is 85.1 Å². The zero-order valence-corrected chi connectivity index (χ0v) is 13.6. The predicted octanol–water partition coefficient (Wildman–Crippen LogP) is 5.30. The van der Waals surface area contributed by atoms with Crippen LogP contribution in [0, 0.1) is 0 Å². The van der Waals surface area contributed by atoms with E-state index in [1.54, 1.807) is 0 Å². The Morgan fingerprint density at radius 3 is 2.71 bits per heavy atom. The summed E-state index contributed by atoms with van der Waals surface area (Å²) in [5, 5.41) is 1.17. The van der Waals surface area contributed by atoms with Crippen molar-refractivity contribution in [2.45, 2.75) is 0 Å². The summed E-state index contributed by atoms with van der Waals surface area (Å²) in [6, 6.07) is 20.8. The fourth-order valence-electron chi connectivity index (χ4n) is 2.96. The fourth-order valence-corrected chi connectivity index (χ4v) is 2.96. The van der Waals surface area contributed by atoms with Gasteiger partial charge in [0.25, 0.3) is 0 Å². The zero-order chi connectivity index (χ0) is 16.4. The summed E-state index contributed by atoms with van der Waals surface area (Å²) < 4.78 is 0. The molecule has 0 amide bonds.